The van der Waals surface area contributed by atoms with Crippen LogP contribution in [0.4, 0.5) is 0 Å². The van der Waals surface area contributed by atoms with Gasteiger partial charge in [-0.1, -0.05) is 12.1 Å². The zero-order valence-corrected chi connectivity index (χ0v) is 13.7. The largest absolute Gasteiger partial charge is 0.479 e. The van der Waals surface area contributed by atoms with Gasteiger partial charge >= 0.3 is 11.9 Å². The van der Waals surface area contributed by atoms with E-state index >= 15 is 0 Å². The molecular formula is C15H18N2O7S. The molecule has 0 aromatic carbocycles. The third-order valence-electron chi connectivity index (χ3n) is 2.06. The van der Waals surface area contributed by atoms with E-state index in [2.05, 4.69) is 14.4 Å². The highest BCUT2D eigenvalue weighted by atomic mass is 32.1. The number of imidazole rings is 1. The summed E-state index contributed by atoms with van der Waals surface area (Å²) in [5.74, 6) is -3.54. The van der Waals surface area contributed by atoms with E-state index in [1.165, 1.54) is 0 Å². The molecule has 0 spiro atoms. The molecule has 3 aromatic heterocycles. The average molecular weight is 370 g/mol. The first kappa shape index (κ1) is 22.1. The molecule has 0 radical (unpaired) electrons. The van der Waals surface area contributed by atoms with Gasteiger partial charge < -0.3 is 29.8 Å². The van der Waals surface area contributed by atoms with Crippen LogP contribution in [-0.4, -0.2) is 54.5 Å². The maximum absolute atomic E-state index is 9.77. The number of carboxylic acid groups (broad SMARTS) is 2. The minimum Gasteiger partial charge on any atom is -0.479 e. The van der Waals surface area contributed by atoms with E-state index in [4.69, 9.17) is 20.4 Å². The predicted octanol–water partition coefficient (Wildman–Crippen LogP) is 1.31. The topological polar surface area (TPSA) is 157 Å². The molecule has 0 amide bonds. The Bertz CT molecular complexity index is 495. The van der Waals surface area contributed by atoms with Crippen LogP contribution in [0.15, 0.2) is 70.7 Å². The number of H-pyrrole nitrogens is 1. The van der Waals surface area contributed by atoms with Gasteiger partial charge in [0.05, 0.1) is 18.9 Å². The Labute approximate surface area is 146 Å². The quantitative estimate of drug-likeness (QED) is 0.462. The van der Waals surface area contributed by atoms with Crippen molar-refractivity contribution in [2.45, 2.75) is 12.2 Å². The lowest BCUT2D eigenvalue weighted by atomic mass is 10.2. The van der Waals surface area contributed by atoms with Gasteiger partial charge in [-0.05, 0) is 22.9 Å². The standard InChI is InChI=1S/C4H6O6.C4H4O.C4H4S.C3H4N2/c5-1(3(7)8)2(6)4(9)10;2*1-2-4-5-3-1;1-2-5-3-4-1/h1-2,5-6H,(H,7,8)(H,9,10);2*1-4H;1-3H,(H,4,5). The van der Waals surface area contributed by atoms with Crippen LogP contribution in [0.2, 0.25) is 0 Å². The van der Waals surface area contributed by atoms with Crippen molar-refractivity contribution in [2.75, 3.05) is 0 Å². The van der Waals surface area contributed by atoms with Crippen LogP contribution in [0.3, 0.4) is 0 Å². The Morgan fingerprint density at radius 3 is 1.64 bits per heavy atom. The molecule has 10 heteroatoms. The molecule has 25 heavy (non-hydrogen) atoms. The van der Waals surface area contributed by atoms with Crippen LogP contribution in [0, 0.1) is 0 Å². The summed E-state index contributed by atoms with van der Waals surface area (Å²) in [6.07, 6.45) is 3.80. The van der Waals surface area contributed by atoms with E-state index in [-0.39, 0.29) is 0 Å². The number of aliphatic carboxylic acids is 2. The van der Waals surface area contributed by atoms with Crippen molar-refractivity contribution in [3.8, 4) is 0 Å². The van der Waals surface area contributed by atoms with Crippen LogP contribution in [0.1, 0.15) is 0 Å². The number of rotatable bonds is 3. The van der Waals surface area contributed by atoms with E-state index in [1.54, 1.807) is 42.6 Å². The zero-order valence-electron chi connectivity index (χ0n) is 12.9. The highest BCUT2D eigenvalue weighted by molar-refractivity contribution is 7.07. The van der Waals surface area contributed by atoms with Gasteiger partial charge in [-0.25, -0.2) is 14.6 Å². The minimum atomic E-state index is -2.27. The molecule has 3 rings (SSSR count). The number of furan rings is 1. The smallest absolute Gasteiger partial charge is 0.335 e. The molecule has 0 bridgehead atoms. The Balaban J connectivity index is 0.000000324. The van der Waals surface area contributed by atoms with Gasteiger partial charge in [-0.15, -0.1) is 0 Å². The average Bonchev–Trinajstić information content (AvgIpc) is 3.40. The fourth-order valence-corrected chi connectivity index (χ4v) is 1.39. The lowest BCUT2D eigenvalue weighted by Crippen LogP contribution is -2.39. The third-order valence-corrected chi connectivity index (χ3v) is 2.69. The Hall–Kier alpha value is -2.95. The first-order valence-electron chi connectivity index (χ1n) is 6.65. The van der Waals surface area contributed by atoms with E-state index < -0.39 is 24.1 Å². The number of hydrogen-bond acceptors (Lipinski definition) is 7. The highest BCUT2D eigenvalue weighted by Gasteiger charge is 2.29. The van der Waals surface area contributed by atoms with Gasteiger partial charge in [-0.3, -0.25) is 0 Å². The number of carboxylic acids is 2. The molecule has 0 aliphatic carbocycles. The fourth-order valence-electron chi connectivity index (χ4n) is 0.939. The normalized spacial score (nSPS) is 11.1. The Kier molecular flexibility index (Phi) is 12.9. The van der Waals surface area contributed by atoms with Crippen molar-refractivity contribution >= 4 is 23.3 Å². The molecule has 0 saturated carbocycles. The van der Waals surface area contributed by atoms with Crippen molar-refractivity contribution in [3.63, 3.8) is 0 Å². The summed E-state index contributed by atoms with van der Waals surface area (Å²) in [5, 5.41) is 36.6. The summed E-state index contributed by atoms with van der Waals surface area (Å²) in [4.78, 5) is 26.0. The number of hydrogen-bond donors (Lipinski definition) is 5. The number of carbonyl (C=O) groups is 2. The van der Waals surface area contributed by atoms with Gasteiger partial charge in [-0.2, -0.15) is 11.3 Å². The first-order chi connectivity index (χ1) is 12.0. The summed E-state index contributed by atoms with van der Waals surface area (Å²) < 4.78 is 4.58. The first-order valence-corrected chi connectivity index (χ1v) is 7.60. The third kappa shape index (κ3) is 13.2. The molecule has 2 unspecified atom stereocenters. The lowest BCUT2D eigenvalue weighted by molar-refractivity contribution is -0.165. The van der Waals surface area contributed by atoms with Crippen molar-refractivity contribution in [1.82, 2.24) is 9.97 Å². The van der Waals surface area contributed by atoms with Gasteiger partial charge in [0.15, 0.2) is 12.2 Å². The molecule has 0 aliphatic rings. The maximum Gasteiger partial charge on any atom is 0.335 e. The molecule has 9 nitrogen and oxygen atoms in total. The highest BCUT2D eigenvalue weighted by Crippen LogP contribution is 1.92. The minimum absolute atomic E-state index is 1.62. The summed E-state index contributed by atoms with van der Waals surface area (Å²) >= 11 is 1.71. The van der Waals surface area contributed by atoms with Crippen LogP contribution < -0.4 is 0 Å². The van der Waals surface area contributed by atoms with Crippen LogP contribution in [0.25, 0.3) is 0 Å². The van der Waals surface area contributed by atoms with Crippen molar-refractivity contribution in [2.24, 2.45) is 0 Å². The lowest BCUT2D eigenvalue weighted by Gasteiger charge is -2.07. The van der Waals surface area contributed by atoms with Crippen LogP contribution >= 0.6 is 11.3 Å². The van der Waals surface area contributed by atoms with Gasteiger partial charge in [0.1, 0.15) is 0 Å². The summed E-state index contributed by atoms with van der Waals surface area (Å²) in [5.41, 5.74) is 0. The van der Waals surface area contributed by atoms with E-state index in [9.17, 15) is 9.59 Å². The second-order valence-corrected chi connectivity index (χ2v) is 4.73. The fraction of sp³-hybridized carbons (Fsp3) is 0.133. The summed E-state index contributed by atoms with van der Waals surface area (Å²) in [6, 6.07) is 7.70. The number of thiophene rings is 1. The molecule has 0 saturated heterocycles. The zero-order chi connectivity index (χ0) is 18.9. The van der Waals surface area contributed by atoms with Crippen molar-refractivity contribution in [1.29, 1.82) is 0 Å². The molecule has 3 heterocycles. The number of nitrogens with zero attached hydrogens (tertiary/aromatic N) is 1. The van der Waals surface area contributed by atoms with Crippen LogP contribution in [-0.2, 0) is 9.59 Å². The molecule has 0 fully saturated rings. The molecule has 5 N–H and O–H groups in total. The molecule has 136 valence electrons. The number of aliphatic hydroxyl groups is 2. The van der Waals surface area contributed by atoms with E-state index in [0.29, 0.717) is 0 Å². The van der Waals surface area contributed by atoms with Crippen molar-refractivity contribution in [3.05, 3.63) is 66.3 Å². The number of aliphatic hydroxyl groups excluding tert-OH is 2. The van der Waals surface area contributed by atoms with Crippen LogP contribution in [0.5, 0.6) is 0 Å². The van der Waals surface area contributed by atoms with Gasteiger partial charge in [0.25, 0.3) is 0 Å². The number of nitrogens with one attached hydrogen (secondary N) is 1. The SMILES string of the molecule is O=C(O)C(O)C(O)C(=O)O.c1c[nH]cn1.c1ccoc1.c1ccsc1. The molecular weight excluding hydrogens is 352 g/mol. The number of aromatic nitrogens is 2. The van der Waals surface area contributed by atoms with Gasteiger partial charge in [0, 0.05) is 12.4 Å². The second-order valence-electron chi connectivity index (χ2n) is 3.91. The second kappa shape index (κ2) is 14.6. The van der Waals surface area contributed by atoms with Gasteiger partial charge in [0.2, 0.25) is 0 Å². The predicted molar refractivity (Wildman–Crippen MR) is 88.9 cm³/mol. The summed E-state index contributed by atoms with van der Waals surface area (Å²) in [7, 11) is 0. The summed E-state index contributed by atoms with van der Waals surface area (Å²) in [6.45, 7) is 0. The molecule has 2 atom stereocenters. The van der Waals surface area contributed by atoms with E-state index in [1.807, 2.05) is 35.0 Å². The Morgan fingerprint density at radius 2 is 1.48 bits per heavy atom. The monoisotopic (exact) mass is 370 g/mol. The number of aromatic amines is 1. The Morgan fingerprint density at radius 1 is 0.960 bits per heavy atom. The maximum atomic E-state index is 9.77. The molecule has 3 aromatic rings. The van der Waals surface area contributed by atoms with Crippen molar-refractivity contribution < 1.29 is 34.4 Å². The van der Waals surface area contributed by atoms with E-state index in [0.717, 1.165) is 0 Å². The molecule has 0 aliphatic heterocycles.